The van der Waals surface area contributed by atoms with Gasteiger partial charge in [0, 0.05) is 12.1 Å². The predicted molar refractivity (Wildman–Crippen MR) is 61.7 cm³/mol. The van der Waals surface area contributed by atoms with Gasteiger partial charge in [0.05, 0.1) is 13.2 Å². The van der Waals surface area contributed by atoms with Crippen molar-refractivity contribution >= 4 is 0 Å². The zero-order valence-electron chi connectivity index (χ0n) is 9.62. The fourth-order valence-corrected chi connectivity index (χ4v) is 2.38. The lowest BCUT2D eigenvalue weighted by molar-refractivity contribution is 0.0704. The summed E-state index contributed by atoms with van der Waals surface area (Å²) in [6, 6.07) is 5.88. The van der Waals surface area contributed by atoms with Crippen LogP contribution < -0.4 is 10.1 Å². The fraction of sp³-hybridized carbons (Fsp3) is 0.538. The highest BCUT2D eigenvalue weighted by molar-refractivity contribution is 5.41. The third-order valence-electron chi connectivity index (χ3n) is 3.36. The molecule has 1 aromatic rings. The lowest BCUT2D eigenvalue weighted by Crippen LogP contribution is -2.44. The Bertz CT molecular complexity index is 410. The normalized spacial score (nSPS) is 27.8. The van der Waals surface area contributed by atoms with Gasteiger partial charge >= 0.3 is 0 Å². The quantitative estimate of drug-likeness (QED) is 0.850. The molecular weight excluding hydrogens is 221 g/mol. The molecule has 0 aliphatic carbocycles. The maximum Gasteiger partial charge on any atom is 0.149 e. The summed E-state index contributed by atoms with van der Waals surface area (Å²) in [7, 11) is 0. The van der Waals surface area contributed by atoms with Gasteiger partial charge in [-0.1, -0.05) is 12.1 Å². The number of hydrogen-bond acceptors (Lipinski definition) is 3. The van der Waals surface area contributed by atoms with Gasteiger partial charge in [-0.15, -0.1) is 0 Å². The molecule has 0 unspecified atom stereocenters. The van der Waals surface area contributed by atoms with E-state index in [-0.39, 0.29) is 6.10 Å². The van der Waals surface area contributed by atoms with E-state index in [2.05, 4.69) is 5.32 Å². The summed E-state index contributed by atoms with van der Waals surface area (Å²) < 4.78 is 24.9. The fourth-order valence-electron chi connectivity index (χ4n) is 2.38. The monoisotopic (exact) mass is 237 g/mol. The van der Waals surface area contributed by atoms with E-state index < -0.39 is 6.17 Å². The van der Waals surface area contributed by atoms with Crippen molar-refractivity contribution in [1.29, 1.82) is 0 Å². The number of fused-ring (bicyclic) bond motifs is 1. The first kappa shape index (κ1) is 11.0. The number of nitrogens with one attached hydrogen (secondary N) is 1. The molecule has 2 aliphatic heterocycles. The summed E-state index contributed by atoms with van der Waals surface area (Å²) >= 11 is 0. The number of rotatable bonds is 2. The molecule has 2 aliphatic rings. The number of hydrogen-bond donors (Lipinski definition) is 1. The summed E-state index contributed by atoms with van der Waals surface area (Å²) in [5.74, 6) is 0.787. The number of piperidine rings is 1. The molecular formula is C13H16FNO2. The lowest BCUT2D eigenvalue weighted by Gasteiger charge is -2.28. The van der Waals surface area contributed by atoms with E-state index in [0.717, 1.165) is 23.4 Å². The number of benzene rings is 1. The maximum absolute atomic E-state index is 13.7. The molecule has 0 bridgehead atoms. The van der Waals surface area contributed by atoms with Crippen molar-refractivity contribution in [2.24, 2.45) is 0 Å². The van der Waals surface area contributed by atoms with E-state index in [0.29, 0.717) is 26.2 Å². The van der Waals surface area contributed by atoms with Gasteiger partial charge in [-0.2, -0.15) is 0 Å². The molecule has 1 aromatic carbocycles. The molecule has 3 nitrogen and oxygen atoms in total. The van der Waals surface area contributed by atoms with E-state index in [1.165, 1.54) is 0 Å². The molecule has 0 radical (unpaired) electrons. The van der Waals surface area contributed by atoms with Gasteiger partial charge in [-0.05, 0) is 24.6 Å². The Morgan fingerprint density at radius 2 is 2.29 bits per heavy atom. The van der Waals surface area contributed by atoms with Crippen molar-refractivity contribution in [1.82, 2.24) is 5.32 Å². The highest BCUT2D eigenvalue weighted by atomic mass is 19.1. The first-order valence-electron chi connectivity index (χ1n) is 6.04. The van der Waals surface area contributed by atoms with Crippen LogP contribution in [0.3, 0.4) is 0 Å². The molecule has 4 heteroatoms. The molecule has 0 spiro atoms. The number of halogens is 1. The van der Waals surface area contributed by atoms with Crippen LogP contribution in [0.15, 0.2) is 18.2 Å². The predicted octanol–water partition coefficient (Wildman–Crippen LogP) is 1.80. The summed E-state index contributed by atoms with van der Waals surface area (Å²) in [5.41, 5.74) is 2.24. The second-order valence-corrected chi connectivity index (χ2v) is 4.55. The van der Waals surface area contributed by atoms with Gasteiger partial charge in [-0.25, -0.2) is 4.39 Å². The Labute approximate surface area is 99.9 Å². The Balaban J connectivity index is 1.78. The Hall–Kier alpha value is -1.13. The van der Waals surface area contributed by atoms with Crippen LogP contribution in [0.5, 0.6) is 5.75 Å². The summed E-state index contributed by atoms with van der Waals surface area (Å²) in [6.07, 6.45) is -0.545. The SMILES string of the molecule is F[C@H]1CNCC[C@H]1Oc1cccc2c1COC2. The van der Waals surface area contributed by atoms with Crippen molar-refractivity contribution < 1.29 is 13.9 Å². The number of ether oxygens (including phenoxy) is 2. The van der Waals surface area contributed by atoms with Crippen molar-refractivity contribution in [3.05, 3.63) is 29.3 Å². The minimum atomic E-state index is -0.929. The first-order valence-corrected chi connectivity index (χ1v) is 6.04. The van der Waals surface area contributed by atoms with E-state index in [1.807, 2.05) is 18.2 Å². The standard InChI is InChI=1S/C13H16FNO2/c14-11-6-15-5-4-13(11)17-12-3-1-2-9-7-16-8-10(9)12/h1-3,11,13,15H,4-8H2/t11-,13+/m0/s1. The maximum atomic E-state index is 13.7. The average Bonchev–Trinajstić information content (AvgIpc) is 2.81. The topological polar surface area (TPSA) is 30.5 Å². The van der Waals surface area contributed by atoms with Gasteiger partial charge in [0.2, 0.25) is 0 Å². The van der Waals surface area contributed by atoms with Gasteiger partial charge in [-0.3, -0.25) is 0 Å². The number of alkyl halides is 1. The third kappa shape index (κ3) is 2.15. The van der Waals surface area contributed by atoms with E-state index in [1.54, 1.807) is 0 Å². The molecule has 2 atom stereocenters. The molecule has 3 rings (SSSR count). The second kappa shape index (κ2) is 4.63. The van der Waals surface area contributed by atoms with Crippen molar-refractivity contribution in [2.45, 2.75) is 31.9 Å². The zero-order chi connectivity index (χ0) is 11.7. The highest BCUT2D eigenvalue weighted by Crippen LogP contribution is 2.30. The molecule has 92 valence electrons. The highest BCUT2D eigenvalue weighted by Gasteiger charge is 2.27. The van der Waals surface area contributed by atoms with Crippen molar-refractivity contribution in [3.8, 4) is 5.75 Å². The Morgan fingerprint density at radius 3 is 3.18 bits per heavy atom. The van der Waals surface area contributed by atoms with E-state index >= 15 is 0 Å². The van der Waals surface area contributed by atoms with Crippen LogP contribution in [0.2, 0.25) is 0 Å². The van der Waals surface area contributed by atoms with E-state index in [4.69, 9.17) is 9.47 Å². The Morgan fingerprint density at radius 1 is 1.35 bits per heavy atom. The van der Waals surface area contributed by atoms with Gasteiger partial charge < -0.3 is 14.8 Å². The Kier molecular flexibility index (Phi) is 2.99. The molecule has 0 aromatic heterocycles. The second-order valence-electron chi connectivity index (χ2n) is 4.55. The third-order valence-corrected chi connectivity index (χ3v) is 3.36. The zero-order valence-corrected chi connectivity index (χ0v) is 9.62. The summed E-state index contributed by atoms with van der Waals surface area (Å²) in [6.45, 7) is 2.41. The van der Waals surface area contributed by atoms with Crippen LogP contribution >= 0.6 is 0 Å². The first-order chi connectivity index (χ1) is 8.34. The van der Waals surface area contributed by atoms with Crippen LogP contribution in [0, 0.1) is 0 Å². The minimum Gasteiger partial charge on any atom is -0.487 e. The van der Waals surface area contributed by atoms with Crippen molar-refractivity contribution in [2.75, 3.05) is 13.1 Å². The van der Waals surface area contributed by atoms with Crippen LogP contribution in [0.1, 0.15) is 17.5 Å². The molecule has 1 saturated heterocycles. The lowest BCUT2D eigenvalue weighted by atomic mass is 10.1. The van der Waals surface area contributed by atoms with Gasteiger partial charge in [0.1, 0.15) is 18.0 Å². The average molecular weight is 237 g/mol. The van der Waals surface area contributed by atoms with Crippen LogP contribution in [-0.4, -0.2) is 25.4 Å². The minimum absolute atomic E-state index is 0.330. The van der Waals surface area contributed by atoms with Gasteiger partial charge in [0.15, 0.2) is 0 Å². The summed E-state index contributed by atoms with van der Waals surface area (Å²) in [4.78, 5) is 0. The molecule has 0 amide bonds. The molecule has 2 heterocycles. The molecule has 1 N–H and O–H groups in total. The van der Waals surface area contributed by atoms with Crippen LogP contribution in [0.25, 0.3) is 0 Å². The molecule has 17 heavy (non-hydrogen) atoms. The largest absolute Gasteiger partial charge is 0.487 e. The van der Waals surface area contributed by atoms with E-state index in [9.17, 15) is 4.39 Å². The summed E-state index contributed by atoms with van der Waals surface area (Å²) in [5, 5.41) is 3.02. The smallest absolute Gasteiger partial charge is 0.149 e. The molecule has 0 saturated carbocycles. The molecule has 1 fully saturated rings. The van der Waals surface area contributed by atoms with Crippen LogP contribution in [0.4, 0.5) is 4.39 Å². The van der Waals surface area contributed by atoms with Crippen molar-refractivity contribution in [3.63, 3.8) is 0 Å². The van der Waals surface area contributed by atoms with Crippen LogP contribution in [-0.2, 0) is 18.0 Å². The van der Waals surface area contributed by atoms with Gasteiger partial charge in [0.25, 0.3) is 0 Å².